The number of hydrogen-bond acceptors (Lipinski definition) is 5. The summed E-state index contributed by atoms with van der Waals surface area (Å²) in [5, 5.41) is 9.69. The minimum atomic E-state index is -1.45. The van der Waals surface area contributed by atoms with Gasteiger partial charge >= 0.3 is 12.1 Å². The van der Waals surface area contributed by atoms with E-state index in [-0.39, 0.29) is 31.8 Å². The lowest BCUT2D eigenvalue weighted by molar-refractivity contribution is -0.166. The van der Waals surface area contributed by atoms with Crippen LogP contribution >= 0.6 is 0 Å². The van der Waals surface area contributed by atoms with Gasteiger partial charge in [-0.15, -0.1) is 0 Å². The van der Waals surface area contributed by atoms with Crippen molar-refractivity contribution in [3.63, 3.8) is 0 Å². The fraction of sp³-hybridized carbons (Fsp3) is 0.556. The Bertz CT molecular complexity index is 653. The van der Waals surface area contributed by atoms with Gasteiger partial charge in [-0.05, 0) is 26.3 Å². The van der Waals surface area contributed by atoms with Gasteiger partial charge in [-0.25, -0.2) is 9.59 Å². The van der Waals surface area contributed by atoms with Crippen molar-refractivity contribution < 1.29 is 28.9 Å². The zero-order chi connectivity index (χ0) is 18.2. The maximum atomic E-state index is 12.6. The Morgan fingerprint density at radius 3 is 2.40 bits per heavy atom. The number of likely N-dealkylation sites (tertiary alicyclic amines) is 1. The topological polar surface area (TPSA) is 85.3 Å². The van der Waals surface area contributed by atoms with Gasteiger partial charge in [-0.3, -0.25) is 4.90 Å². The van der Waals surface area contributed by atoms with Crippen LogP contribution in [0.5, 0.6) is 0 Å². The number of carbonyl (C=O) groups is 2. The summed E-state index contributed by atoms with van der Waals surface area (Å²) in [6.07, 6.45) is -0.966. The van der Waals surface area contributed by atoms with Crippen LogP contribution in [-0.4, -0.2) is 52.1 Å². The minimum absolute atomic E-state index is 0.0259. The highest BCUT2D eigenvalue weighted by atomic mass is 16.8. The van der Waals surface area contributed by atoms with Crippen LogP contribution < -0.4 is 0 Å². The normalized spacial score (nSPS) is 30.6. The number of ether oxygens (including phenoxy) is 3. The number of carboxylic acids is 1. The first kappa shape index (κ1) is 17.7. The fourth-order valence-electron chi connectivity index (χ4n) is 3.40. The number of hydrogen-bond donors (Lipinski definition) is 1. The molecule has 2 saturated heterocycles. The van der Waals surface area contributed by atoms with Crippen LogP contribution in [0.25, 0.3) is 0 Å². The second kappa shape index (κ2) is 6.31. The first-order chi connectivity index (χ1) is 11.8. The van der Waals surface area contributed by atoms with Crippen molar-refractivity contribution in [1.29, 1.82) is 0 Å². The van der Waals surface area contributed by atoms with Gasteiger partial charge in [-0.2, -0.15) is 0 Å². The molecule has 0 saturated carbocycles. The quantitative estimate of drug-likeness (QED) is 0.902. The van der Waals surface area contributed by atoms with Crippen LogP contribution in [0.2, 0.25) is 0 Å². The maximum absolute atomic E-state index is 12.6. The van der Waals surface area contributed by atoms with Crippen molar-refractivity contribution in [1.82, 2.24) is 4.90 Å². The van der Waals surface area contributed by atoms with Gasteiger partial charge in [0.2, 0.25) is 0 Å². The molecule has 1 aromatic carbocycles. The van der Waals surface area contributed by atoms with Gasteiger partial charge in [0.1, 0.15) is 12.1 Å². The molecule has 1 aromatic rings. The van der Waals surface area contributed by atoms with E-state index in [9.17, 15) is 14.7 Å². The van der Waals surface area contributed by atoms with Crippen LogP contribution in [0.3, 0.4) is 0 Å². The Balaban J connectivity index is 1.76. The molecule has 2 aliphatic heterocycles. The summed E-state index contributed by atoms with van der Waals surface area (Å²) in [6.45, 7) is 5.33. The number of aliphatic carboxylic acids is 1. The minimum Gasteiger partial charge on any atom is -0.480 e. The molecular weight excluding hydrogens is 326 g/mol. The lowest BCUT2D eigenvalue weighted by Gasteiger charge is -2.29. The second-order valence-electron chi connectivity index (χ2n) is 6.94. The third-order valence-corrected chi connectivity index (χ3v) is 4.96. The molecule has 2 aliphatic rings. The van der Waals surface area contributed by atoms with Crippen molar-refractivity contribution >= 4 is 12.1 Å². The van der Waals surface area contributed by atoms with Crippen LogP contribution in [-0.2, 0) is 25.6 Å². The zero-order valence-corrected chi connectivity index (χ0v) is 14.6. The Morgan fingerprint density at radius 1 is 1.24 bits per heavy atom. The van der Waals surface area contributed by atoms with Crippen LogP contribution in [0.1, 0.15) is 32.8 Å². The van der Waals surface area contributed by atoms with Crippen molar-refractivity contribution in [2.45, 2.75) is 57.3 Å². The van der Waals surface area contributed by atoms with E-state index in [1.807, 2.05) is 44.2 Å². The molecule has 7 heteroatoms. The summed E-state index contributed by atoms with van der Waals surface area (Å²) in [7, 11) is 0. The van der Waals surface area contributed by atoms with Gasteiger partial charge < -0.3 is 19.3 Å². The number of amides is 1. The van der Waals surface area contributed by atoms with E-state index < -0.39 is 23.4 Å². The SMILES string of the molecule is C[C@H]1OC2(CN(C(=O)OCc3ccccc3)[C@](C)(C(=O)O)C2)O[C@@H]1C. The summed E-state index contributed by atoms with van der Waals surface area (Å²) < 4.78 is 17.1. The van der Waals surface area contributed by atoms with Crippen LogP contribution in [0.15, 0.2) is 30.3 Å². The summed E-state index contributed by atoms with van der Waals surface area (Å²) in [5.74, 6) is -2.21. The number of carbonyl (C=O) groups excluding carboxylic acids is 1. The average molecular weight is 349 g/mol. The summed E-state index contributed by atoms with van der Waals surface area (Å²) in [4.78, 5) is 25.6. The third kappa shape index (κ3) is 3.21. The molecule has 3 rings (SSSR count). The summed E-state index contributed by atoms with van der Waals surface area (Å²) in [5.41, 5.74) is -0.616. The summed E-state index contributed by atoms with van der Waals surface area (Å²) >= 11 is 0. The van der Waals surface area contributed by atoms with E-state index in [1.54, 1.807) is 0 Å². The van der Waals surface area contributed by atoms with Crippen molar-refractivity contribution in [3.8, 4) is 0 Å². The number of carboxylic acid groups (broad SMARTS) is 1. The van der Waals surface area contributed by atoms with E-state index >= 15 is 0 Å². The van der Waals surface area contributed by atoms with Crippen molar-refractivity contribution in [2.75, 3.05) is 6.54 Å². The predicted octanol–water partition coefficient (Wildman–Crippen LogP) is 2.39. The van der Waals surface area contributed by atoms with Crippen LogP contribution in [0.4, 0.5) is 4.79 Å². The molecule has 25 heavy (non-hydrogen) atoms. The molecule has 2 fully saturated rings. The molecule has 1 N–H and O–H groups in total. The molecule has 1 amide bonds. The van der Waals surface area contributed by atoms with Crippen molar-refractivity contribution in [2.24, 2.45) is 0 Å². The number of nitrogens with zero attached hydrogens (tertiary/aromatic N) is 1. The van der Waals surface area contributed by atoms with Gasteiger partial charge in [0.15, 0.2) is 5.79 Å². The van der Waals surface area contributed by atoms with E-state index in [1.165, 1.54) is 11.8 Å². The maximum Gasteiger partial charge on any atom is 0.411 e. The molecule has 3 atom stereocenters. The first-order valence-corrected chi connectivity index (χ1v) is 8.33. The molecule has 0 radical (unpaired) electrons. The highest BCUT2D eigenvalue weighted by Gasteiger charge is 2.62. The number of benzene rings is 1. The monoisotopic (exact) mass is 349 g/mol. The smallest absolute Gasteiger partial charge is 0.411 e. The van der Waals surface area contributed by atoms with Crippen LogP contribution in [0, 0.1) is 0 Å². The molecular formula is C18H23NO6. The molecule has 1 spiro atoms. The zero-order valence-electron chi connectivity index (χ0n) is 14.6. The largest absolute Gasteiger partial charge is 0.480 e. The molecule has 0 bridgehead atoms. The molecule has 0 unspecified atom stereocenters. The lowest BCUT2D eigenvalue weighted by Crippen LogP contribution is -2.50. The molecule has 136 valence electrons. The second-order valence-corrected chi connectivity index (χ2v) is 6.94. The van der Waals surface area contributed by atoms with Gasteiger partial charge in [0, 0.05) is 6.42 Å². The molecule has 2 heterocycles. The van der Waals surface area contributed by atoms with Gasteiger partial charge in [-0.1, -0.05) is 30.3 Å². The highest BCUT2D eigenvalue weighted by Crippen LogP contribution is 2.44. The van der Waals surface area contributed by atoms with Gasteiger partial charge in [0.05, 0.1) is 18.8 Å². The Hall–Kier alpha value is -2.12. The third-order valence-electron chi connectivity index (χ3n) is 4.96. The fourth-order valence-corrected chi connectivity index (χ4v) is 3.40. The van der Waals surface area contributed by atoms with E-state index in [0.29, 0.717) is 0 Å². The molecule has 0 aromatic heterocycles. The van der Waals surface area contributed by atoms with Crippen molar-refractivity contribution in [3.05, 3.63) is 35.9 Å². The Kier molecular flexibility index (Phi) is 4.47. The lowest BCUT2D eigenvalue weighted by atomic mass is 9.97. The standard InChI is InChI=1S/C18H23NO6/c1-12-13(2)25-18(24-12)10-17(3,15(20)21)19(11-18)16(22)23-9-14-7-5-4-6-8-14/h4-8,12-13H,9-11H2,1-3H3,(H,20,21)/t12-,13-,17+/m1/s1. The predicted molar refractivity (Wildman–Crippen MR) is 87.8 cm³/mol. The molecule has 0 aliphatic carbocycles. The first-order valence-electron chi connectivity index (χ1n) is 8.33. The van der Waals surface area contributed by atoms with E-state index in [0.717, 1.165) is 5.56 Å². The Morgan fingerprint density at radius 2 is 1.84 bits per heavy atom. The average Bonchev–Trinajstić information content (AvgIpc) is 3.02. The highest BCUT2D eigenvalue weighted by molar-refractivity contribution is 5.85. The van der Waals surface area contributed by atoms with Gasteiger partial charge in [0.25, 0.3) is 0 Å². The van der Waals surface area contributed by atoms with E-state index in [2.05, 4.69) is 0 Å². The number of rotatable bonds is 3. The molecule has 7 nitrogen and oxygen atoms in total. The van der Waals surface area contributed by atoms with E-state index in [4.69, 9.17) is 14.2 Å². The summed E-state index contributed by atoms with van der Waals surface area (Å²) in [6, 6.07) is 9.23. The Labute approximate surface area is 146 Å².